The summed E-state index contributed by atoms with van der Waals surface area (Å²) in [6.07, 6.45) is 1.24. The van der Waals surface area contributed by atoms with Crippen LogP contribution in [0.1, 0.15) is 5.56 Å². The zero-order valence-electron chi connectivity index (χ0n) is 7.60. The maximum absolute atomic E-state index is 13.3. The summed E-state index contributed by atoms with van der Waals surface area (Å²) >= 11 is 0. The average Bonchev–Trinajstić information content (AvgIpc) is 2.43. The standard InChI is InChI=1S/C9H8FNO3S/c10-8-2-1-3-9-7(8)4-6(5-14-11)15(9,12)13/h1-4H,5,11H2. The Balaban J connectivity index is 2.64. The molecule has 1 heterocycles. The van der Waals surface area contributed by atoms with Gasteiger partial charge in [-0.05, 0) is 18.2 Å². The number of fused-ring (bicyclic) bond motifs is 1. The van der Waals surface area contributed by atoms with Crippen molar-refractivity contribution in [1.82, 2.24) is 0 Å². The van der Waals surface area contributed by atoms with E-state index in [-0.39, 0.29) is 22.0 Å². The molecule has 1 aliphatic rings. The van der Waals surface area contributed by atoms with Gasteiger partial charge in [-0.3, -0.25) is 4.84 Å². The van der Waals surface area contributed by atoms with Gasteiger partial charge in [0.05, 0.1) is 9.80 Å². The van der Waals surface area contributed by atoms with E-state index in [4.69, 9.17) is 5.90 Å². The highest BCUT2D eigenvalue weighted by Gasteiger charge is 2.31. The Kier molecular flexibility index (Phi) is 2.34. The van der Waals surface area contributed by atoms with E-state index in [9.17, 15) is 12.8 Å². The molecule has 0 bridgehead atoms. The minimum atomic E-state index is -3.61. The molecule has 0 spiro atoms. The monoisotopic (exact) mass is 229 g/mol. The van der Waals surface area contributed by atoms with Crippen LogP contribution >= 0.6 is 0 Å². The first-order valence-electron chi connectivity index (χ1n) is 4.13. The number of hydrogen-bond acceptors (Lipinski definition) is 4. The van der Waals surface area contributed by atoms with E-state index in [0.29, 0.717) is 0 Å². The molecular weight excluding hydrogens is 221 g/mol. The second-order valence-electron chi connectivity index (χ2n) is 3.08. The fraction of sp³-hybridized carbons (Fsp3) is 0.111. The zero-order chi connectivity index (χ0) is 11.1. The Morgan fingerprint density at radius 1 is 1.40 bits per heavy atom. The Hall–Kier alpha value is -1.24. The molecule has 1 aliphatic heterocycles. The van der Waals surface area contributed by atoms with Crippen LogP contribution in [-0.4, -0.2) is 15.0 Å². The third-order valence-electron chi connectivity index (χ3n) is 2.18. The lowest BCUT2D eigenvalue weighted by Gasteiger charge is -2.01. The van der Waals surface area contributed by atoms with Crippen LogP contribution < -0.4 is 5.90 Å². The van der Waals surface area contributed by atoms with Crippen molar-refractivity contribution in [2.45, 2.75) is 4.90 Å². The van der Waals surface area contributed by atoms with Gasteiger partial charge in [0.1, 0.15) is 12.4 Å². The van der Waals surface area contributed by atoms with Crippen molar-refractivity contribution in [3.8, 4) is 0 Å². The highest BCUT2D eigenvalue weighted by Crippen LogP contribution is 2.33. The lowest BCUT2D eigenvalue weighted by Crippen LogP contribution is -2.09. The van der Waals surface area contributed by atoms with Crippen LogP contribution in [0.15, 0.2) is 28.0 Å². The molecule has 80 valence electrons. The van der Waals surface area contributed by atoms with Crippen molar-refractivity contribution >= 4 is 15.9 Å². The van der Waals surface area contributed by atoms with E-state index in [2.05, 4.69) is 4.84 Å². The SMILES string of the molecule is NOCC1=Cc2c(F)cccc2S1(=O)=O. The molecule has 15 heavy (non-hydrogen) atoms. The molecule has 1 aromatic rings. The highest BCUT2D eigenvalue weighted by molar-refractivity contribution is 7.95. The second-order valence-corrected chi connectivity index (χ2v) is 5.05. The largest absolute Gasteiger partial charge is 0.299 e. The van der Waals surface area contributed by atoms with Crippen molar-refractivity contribution in [3.05, 3.63) is 34.5 Å². The number of sulfone groups is 1. The van der Waals surface area contributed by atoms with Crippen LogP contribution in [0, 0.1) is 5.82 Å². The molecule has 0 saturated heterocycles. The van der Waals surface area contributed by atoms with Crippen LogP contribution in [-0.2, 0) is 14.7 Å². The lowest BCUT2D eigenvalue weighted by atomic mass is 10.2. The van der Waals surface area contributed by atoms with E-state index < -0.39 is 15.7 Å². The maximum Gasteiger partial charge on any atom is 0.205 e. The summed E-state index contributed by atoms with van der Waals surface area (Å²) in [5.74, 6) is 4.24. The molecule has 0 radical (unpaired) electrons. The molecule has 2 N–H and O–H groups in total. The minimum absolute atomic E-state index is 0.0231. The van der Waals surface area contributed by atoms with Gasteiger partial charge in [0.2, 0.25) is 9.84 Å². The van der Waals surface area contributed by atoms with E-state index in [0.717, 1.165) is 0 Å². The summed E-state index contributed by atoms with van der Waals surface area (Å²) in [7, 11) is -3.61. The minimum Gasteiger partial charge on any atom is -0.299 e. The molecular formula is C9H8FNO3S. The van der Waals surface area contributed by atoms with Crippen LogP contribution in [0.3, 0.4) is 0 Å². The molecule has 0 atom stereocenters. The Labute approximate surface area is 86.0 Å². The molecule has 0 aromatic heterocycles. The molecule has 0 aliphatic carbocycles. The number of hydrogen-bond donors (Lipinski definition) is 1. The summed E-state index contributed by atoms with van der Waals surface area (Å²) in [6.45, 7) is -0.254. The fourth-order valence-corrected chi connectivity index (χ4v) is 2.96. The number of halogens is 1. The maximum atomic E-state index is 13.3. The third-order valence-corrected chi connectivity index (χ3v) is 4.04. The molecule has 6 heteroatoms. The van der Waals surface area contributed by atoms with Gasteiger partial charge in [0, 0.05) is 5.56 Å². The Morgan fingerprint density at radius 2 is 2.13 bits per heavy atom. The van der Waals surface area contributed by atoms with Gasteiger partial charge in [-0.2, -0.15) is 0 Å². The number of rotatable bonds is 2. The summed E-state index contributed by atoms with van der Waals surface area (Å²) in [5.41, 5.74) is 0.0737. The molecule has 0 unspecified atom stereocenters. The van der Waals surface area contributed by atoms with Crippen LogP contribution in [0.25, 0.3) is 6.08 Å². The van der Waals surface area contributed by atoms with Gasteiger partial charge in [-0.25, -0.2) is 18.7 Å². The number of benzene rings is 1. The van der Waals surface area contributed by atoms with Gasteiger partial charge in [-0.15, -0.1) is 0 Å². The second kappa shape index (κ2) is 3.41. The zero-order valence-corrected chi connectivity index (χ0v) is 8.42. The van der Waals surface area contributed by atoms with Crippen molar-refractivity contribution in [2.24, 2.45) is 5.90 Å². The van der Waals surface area contributed by atoms with E-state index >= 15 is 0 Å². The Morgan fingerprint density at radius 3 is 2.73 bits per heavy atom. The predicted octanol–water partition coefficient (Wildman–Crippen LogP) is 0.844. The van der Waals surface area contributed by atoms with Crippen LogP contribution in [0.5, 0.6) is 0 Å². The molecule has 1 aromatic carbocycles. The summed E-state index contributed by atoms with van der Waals surface area (Å²) in [6, 6.07) is 3.91. The normalized spacial score (nSPS) is 17.3. The topological polar surface area (TPSA) is 69.4 Å². The molecule has 0 amide bonds. The van der Waals surface area contributed by atoms with Crippen LogP contribution in [0.4, 0.5) is 4.39 Å². The molecule has 0 fully saturated rings. The van der Waals surface area contributed by atoms with Crippen LogP contribution in [0.2, 0.25) is 0 Å². The highest BCUT2D eigenvalue weighted by atomic mass is 32.2. The summed E-state index contributed by atoms with van der Waals surface area (Å²) < 4.78 is 36.8. The average molecular weight is 229 g/mol. The smallest absolute Gasteiger partial charge is 0.205 e. The first-order valence-corrected chi connectivity index (χ1v) is 5.61. The predicted molar refractivity (Wildman–Crippen MR) is 51.7 cm³/mol. The first kappa shape index (κ1) is 10.3. The van der Waals surface area contributed by atoms with Crippen molar-refractivity contribution in [1.29, 1.82) is 0 Å². The van der Waals surface area contributed by atoms with E-state index in [1.807, 2.05) is 0 Å². The first-order chi connectivity index (χ1) is 7.07. The van der Waals surface area contributed by atoms with Gasteiger partial charge < -0.3 is 0 Å². The summed E-state index contributed by atoms with van der Waals surface area (Å²) in [5, 5.41) is 0. The molecule has 2 rings (SSSR count). The summed E-state index contributed by atoms with van der Waals surface area (Å²) in [4.78, 5) is 4.21. The lowest BCUT2D eigenvalue weighted by molar-refractivity contribution is 0.166. The van der Waals surface area contributed by atoms with Crippen molar-refractivity contribution in [2.75, 3.05) is 6.61 Å². The fourth-order valence-electron chi connectivity index (χ4n) is 1.47. The van der Waals surface area contributed by atoms with Gasteiger partial charge >= 0.3 is 0 Å². The van der Waals surface area contributed by atoms with Crippen molar-refractivity contribution in [3.63, 3.8) is 0 Å². The number of nitrogens with two attached hydrogens (primary N) is 1. The Bertz CT molecular complexity index is 536. The quantitative estimate of drug-likeness (QED) is 0.763. The van der Waals surface area contributed by atoms with E-state index in [1.54, 1.807) is 0 Å². The van der Waals surface area contributed by atoms with Gasteiger partial charge in [0.15, 0.2) is 0 Å². The third kappa shape index (κ3) is 1.46. The van der Waals surface area contributed by atoms with Gasteiger partial charge in [0.25, 0.3) is 0 Å². The van der Waals surface area contributed by atoms with Crippen molar-refractivity contribution < 1.29 is 17.6 Å². The molecule has 0 saturated carbocycles. The van der Waals surface area contributed by atoms with E-state index in [1.165, 1.54) is 24.3 Å². The molecule has 4 nitrogen and oxygen atoms in total. The van der Waals surface area contributed by atoms with Gasteiger partial charge in [-0.1, -0.05) is 6.07 Å².